The Morgan fingerprint density at radius 1 is 1.28 bits per heavy atom. The zero-order chi connectivity index (χ0) is 20.0. The van der Waals surface area contributed by atoms with Gasteiger partial charge in [-0.2, -0.15) is 5.26 Å². The molecule has 3 aromatic rings. The second-order valence-electron chi connectivity index (χ2n) is 6.82. The standard InChI is InChI=1S/C19H15N7O3/c20-5-6-25-23-18(22-24-25)14-3-1-12(9-21-14)11-2-4-15-13(7-11)8-16-17(10-27)29-19(28)26(15)16/h1-4,7,9,16-17,27H,6,8,10H2/t16-,17?/m0/s1. The smallest absolute Gasteiger partial charge is 0.415 e. The number of rotatable bonds is 4. The predicted octanol–water partition coefficient (Wildman–Crippen LogP) is 1.17. The van der Waals surface area contributed by atoms with E-state index < -0.39 is 12.2 Å². The minimum Gasteiger partial charge on any atom is -0.441 e. The third-order valence-corrected chi connectivity index (χ3v) is 5.15. The molecule has 10 heteroatoms. The van der Waals surface area contributed by atoms with Crippen molar-refractivity contribution in [2.24, 2.45) is 0 Å². The van der Waals surface area contributed by atoms with Crippen LogP contribution in [0.3, 0.4) is 0 Å². The van der Waals surface area contributed by atoms with Gasteiger partial charge in [-0.15, -0.1) is 15.0 Å². The van der Waals surface area contributed by atoms with Crippen molar-refractivity contribution in [1.29, 1.82) is 5.26 Å². The summed E-state index contributed by atoms with van der Waals surface area (Å²) in [5.74, 6) is 0.356. The summed E-state index contributed by atoms with van der Waals surface area (Å²) in [5, 5.41) is 30.0. The number of aliphatic hydroxyl groups is 1. The molecule has 4 heterocycles. The molecule has 0 spiro atoms. The van der Waals surface area contributed by atoms with E-state index in [4.69, 9.17) is 10.00 Å². The molecule has 1 N–H and O–H groups in total. The van der Waals surface area contributed by atoms with Crippen molar-refractivity contribution >= 4 is 11.8 Å². The number of amides is 1. The lowest BCUT2D eigenvalue weighted by atomic mass is 10.0. The Kier molecular flexibility index (Phi) is 3.96. The van der Waals surface area contributed by atoms with E-state index in [9.17, 15) is 9.90 Å². The molecule has 2 atom stereocenters. The van der Waals surface area contributed by atoms with Gasteiger partial charge in [0.2, 0.25) is 5.82 Å². The summed E-state index contributed by atoms with van der Waals surface area (Å²) in [7, 11) is 0. The predicted molar refractivity (Wildman–Crippen MR) is 99.4 cm³/mol. The number of pyridine rings is 1. The number of hydrogen-bond acceptors (Lipinski definition) is 8. The van der Waals surface area contributed by atoms with Crippen molar-refractivity contribution in [2.75, 3.05) is 11.5 Å². The molecule has 1 unspecified atom stereocenters. The maximum absolute atomic E-state index is 12.1. The first-order chi connectivity index (χ1) is 14.2. The Hall–Kier alpha value is -3.84. The van der Waals surface area contributed by atoms with Crippen LogP contribution in [0.25, 0.3) is 22.6 Å². The zero-order valence-corrected chi connectivity index (χ0v) is 15.1. The Morgan fingerprint density at radius 2 is 2.14 bits per heavy atom. The number of nitrogens with zero attached hydrogens (tertiary/aromatic N) is 7. The van der Waals surface area contributed by atoms with E-state index in [2.05, 4.69) is 20.4 Å². The molecule has 1 saturated heterocycles. The van der Waals surface area contributed by atoms with Gasteiger partial charge in [-0.25, -0.2) is 4.79 Å². The van der Waals surface area contributed by atoms with E-state index in [1.54, 1.807) is 17.2 Å². The van der Waals surface area contributed by atoms with Crippen LogP contribution in [0.2, 0.25) is 0 Å². The van der Waals surface area contributed by atoms with Gasteiger partial charge in [0.1, 0.15) is 18.3 Å². The number of ether oxygens (including phenoxy) is 1. The third-order valence-electron chi connectivity index (χ3n) is 5.15. The fraction of sp³-hybridized carbons (Fsp3) is 0.263. The zero-order valence-electron chi connectivity index (χ0n) is 15.1. The van der Waals surface area contributed by atoms with Crippen LogP contribution in [0.1, 0.15) is 5.56 Å². The molecular formula is C19H15N7O3. The molecule has 2 aliphatic rings. The van der Waals surface area contributed by atoms with E-state index >= 15 is 0 Å². The molecule has 5 rings (SSSR count). The van der Waals surface area contributed by atoms with Crippen molar-refractivity contribution < 1.29 is 14.6 Å². The first kappa shape index (κ1) is 17.3. The molecule has 10 nitrogen and oxygen atoms in total. The van der Waals surface area contributed by atoms with Crippen molar-refractivity contribution in [1.82, 2.24) is 25.2 Å². The highest BCUT2D eigenvalue weighted by Gasteiger charge is 2.47. The maximum Gasteiger partial charge on any atom is 0.415 e. The van der Waals surface area contributed by atoms with Gasteiger partial charge in [-0.3, -0.25) is 9.88 Å². The second-order valence-corrected chi connectivity index (χ2v) is 6.82. The molecule has 2 aromatic heterocycles. The van der Waals surface area contributed by atoms with Crippen LogP contribution >= 0.6 is 0 Å². The Labute approximate surface area is 165 Å². The summed E-state index contributed by atoms with van der Waals surface area (Å²) in [6.07, 6.45) is 1.45. The monoisotopic (exact) mass is 389 g/mol. The van der Waals surface area contributed by atoms with Crippen LogP contribution in [0.15, 0.2) is 36.5 Å². The normalized spacial score (nSPS) is 19.6. The molecule has 1 amide bonds. The van der Waals surface area contributed by atoms with Crippen LogP contribution in [0.4, 0.5) is 10.5 Å². The van der Waals surface area contributed by atoms with Crippen LogP contribution in [-0.4, -0.2) is 55.1 Å². The maximum atomic E-state index is 12.1. The van der Waals surface area contributed by atoms with Gasteiger partial charge in [0, 0.05) is 11.8 Å². The number of aliphatic hydroxyl groups excluding tert-OH is 1. The molecular weight excluding hydrogens is 374 g/mol. The summed E-state index contributed by atoms with van der Waals surface area (Å²) >= 11 is 0. The molecule has 0 aliphatic carbocycles. The Balaban J connectivity index is 1.41. The average Bonchev–Trinajstić information content (AvgIpc) is 3.43. The van der Waals surface area contributed by atoms with Gasteiger partial charge < -0.3 is 9.84 Å². The van der Waals surface area contributed by atoms with E-state index in [-0.39, 0.29) is 19.2 Å². The van der Waals surface area contributed by atoms with E-state index in [0.717, 1.165) is 22.4 Å². The number of hydrogen-bond donors (Lipinski definition) is 1. The summed E-state index contributed by atoms with van der Waals surface area (Å²) in [6, 6.07) is 11.4. The highest BCUT2D eigenvalue weighted by molar-refractivity contribution is 5.94. The Morgan fingerprint density at radius 3 is 2.90 bits per heavy atom. The number of benzene rings is 1. The quantitative estimate of drug-likeness (QED) is 0.704. The lowest BCUT2D eigenvalue weighted by Gasteiger charge is -2.14. The van der Waals surface area contributed by atoms with Gasteiger partial charge in [0.05, 0.1) is 24.4 Å². The van der Waals surface area contributed by atoms with E-state index in [0.29, 0.717) is 17.9 Å². The van der Waals surface area contributed by atoms with Crippen molar-refractivity contribution in [2.45, 2.75) is 25.1 Å². The first-order valence-corrected chi connectivity index (χ1v) is 9.03. The van der Waals surface area contributed by atoms with Gasteiger partial charge >= 0.3 is 6.09 Å². The second kappa shape index (κ2) is 6.65. The SMILES string of the molecule is N#CCn1nnc(-c2ccc(-c3ccc4c(c3)C[C@H]3C(CO)OC(=O)N43)cn2)n1. The number of cyclic esters (lactones) is 1. The number of nitriles is 1. The van der Waals surface area contributed by atoms with E-state index in [1.165, 1.54) is 4.80 Å². The highest BCUT2D eigenvalue weighted by Crippen LogP contribution is 2.40. The Bertz CT molecular complexity index is 1140. The first-order valence-electron chi connectivity index (χ1n) is 9.03. The lowest BCUT2D eigenvalue weighted by Crippen LogP contribution is -2.34. The fourth-order valence-corrected chi connectivity index (χ4v) is 3.79. The third kappa shape index (κ3) is 2.79. The average molecular weight is 389 g/mol. The summed E-state index contributed by atoms with van der Waals surface area (Å²) < 4.78 is 5.21. The van der Waals surface area contributed by atoms with Crippen LogP contribution < -0.4 is 4.90 Å². The summed E-state index contributed by atoms with van der Waals surface area (Å²) in [6.45, 7) is -0.158. The topological polar surface area (TPSA) is 130 Å². The van der Waals surface area contributed by atoms with Crippen molar-refractivity contribution in [3.8, 4) is 28.7 Å². The fourth-order valence-electron chi connectivity index (χ4n) is 3.79. The minimum atomic E-state index is -0.499. The number of carbonyl (C=O) groups is 1. The number of tetrazole rings is 1. The van der Waals surface area contributed by atoms with Gasteiger partial charge in [0.15, 0.2) is 0 Å². The summed E-state index contributed by atoms with van der Waals surface area (Å²) in [4.78, 5) is 19.3. The number of carbonyl (C=O) groups excluding carboxylic acids is 1. The largest absolute Gasteiger partial charge is 0.441 e. The van der Waals surface area contributed by atoms with E-state index in [1.807, 2.05) is 30.3 Å². The van der Waals surface area contributed by atoms with Crippen LogP contribution in [0.5, 0.6) is 0 Å². The molecule has 1 aromatic carbocycles. The molecule has 0 saturated carbocycles. The summed E-state index contributed by atoms with van der Waals surface area (Å²) in [5.41, 5.74) is 4.30. The molecule has 0 radical (unpaired) electrons. The number of anilines is 1. The molecule has 29 heavy (non-hydrogen) atoms. The molecule has 144 valence electrons. The number of aromatic nitrogens is 5. The van der Waals surface area contributed by atoms with Crippen molar-refractivity contribution in [3.63, 3.8) is 0 Å². The lowest BCUT2D eigenvalue weighted by molar-refractivity contribution is 0.0830. The minimum absolute atomic E-state index is 0.0307. The molecule has 1 fully saturated rings. The van der Waals surface area contributed by atoms with Gasteiger partial charge in [-0.05, 0) is 41.0 Å². The molecule has 2 aliphatic heterocycles. The van der Waals surface area contributed by atoms with Crippen LogP contribution in [-0.2, 0) is 17.7 Å². The van der Waals surface area contributed by atoms with Crippen LogP contribution in [0, 0.1) is 11.3 Å². The van der Waals surface area contributed by atoms with Crippen molar-refractivity contribution in [3.05, 3.63) is 42.1 Å². The highest BCUT2D eigenvalue weighted by atomic mass is 16.6. The van der Waals surface area contributed by atoms with Gasteiger partial charge in [-0.1, -0.05) is 12.1 Å². The van der Waals surface area contributed by atoms with Gasteiger partial charge in [0.25, 0.3) is 0 Å². The molecule has 0 bridgehead atoms. The number of fused-ring (bicyclic) bond motifs is 3.